The van der Waals surface area contributed by atoms with Crippen molar-refractivity contribution in [3.63, 3.8) is 0 Å². The van der Waals surface area contributed by atoms with Crippen molar-refractivity contribution < 1.29 is 13.2 Å². The fourth-order valence-corrected chi connectivity index (χ4v) is 5.88. The van der Waals surface area contributed by atoms with Crippen LogP contribution in [0.25, 0.3) is 11.4 Å². The van der Waals surface area contributed by atoms with Gasteiger partial charge in [-0.3, -0.25) is 4.98 Å². The Bertz CT molecular complexity index is 1150. The van der Waals surface area contributed by atoms with E-state index in [0.29, 0.717) is 5.92 Å². The van der Waals surface area contributed by atoms with Crippen molar-refractivity contribution >= 4 is 24.2 Å². The van der Waals surface area contributed by atoms with E-state index in [1.165, 1.54) is 12.1 Å². The second-order valence-electron chi connectivity index (χ2n) is 9.07. The summed E-state index contributed by atoms with van der Waals surface area (Å²) in [6, 6.07) is 9.71. The van der Waals surface area contributed by atoms with E-state index in [4.69, 9.17) is 0 Å². The molecule has 2 fully saturated rings. The van der Waals surface area contributed by atoms with Gasteiger partial charge in [-0.25, -0.2) is 0 Å². The largest absolute Gasteiger partial charge is 0.416 e. The molecule has 0 unspecified atom stereocenters. The zero-order chi connectivity index (χ0) is 23.2. The molecule has 3 heterocycles. The molecule has 0 radical (unpaired) electrons. The van der Waals surface area contributed by atoms with Crippen molar-refractivity contribution in [3.05, 3.63) is 59.4 Å². The SMILES string of the molecule is Cc1ncccc1-c1nnc(SCCCN2C[C@H]3C[C@]3(c3ccc(C(F)(F)F)cc3)C2)n1C.Cl. The van der Waals surface area contributed by atoms with Gasteiger partial charge in [-0.1, -0.05) is 23.9 Å². The molecule has 0 bridgehead atoms. The summed E-state index contributed by atoms with van der Waals surface area (Å²) in [6.45, 7) is 4.91. The van der Waals surface area contributed by atoms with E-state index in [1.54, 1.807) is 30.1 Å². The summed E-state index contributed by atoms with van der Waals surface area (Å²) in [6.07, 6.45) is -0.401. The van der Waals surface area contributed by atoms with Crippen LogP contribution >= 0.6 is 24.2 Å². The number of hydrogen-bond acceptors (Lipinski definition) is 5. The summed E-state index contributed by atoms with van der Waals surface area (Å²) >= 11 is 1.70. The molecule has 2 atom stereocenters. The molecule has 0 amide bonds. The first-order chi connectivity index (χ1) is 15.8. The van der Waals surface area contributed by atoms with Gasteiger partial charge in [0.2, 0.25) is 0 Å². The van der Waals surface area contributed by atoms with Crippen LogP contribution in [0.3, 0.4) is 0 Å². The number of alkyl halides is 3. The Morgan fingerprint density at radius 1 is 1.15 bits per heavy atom. The molecule has 0 spiro atoms. The van der Waals surface area contributed by atoms with E-state index < -0.39 is 11.7 Å². The molecule has 182 valence electrons. The topological polar surface area (TPSA) is 46.8 Å². The van der Waals surface area contributed by atoms with Crippen molar-refractivity contribution in [2.45, 2.75) is 36.5 Å². The summed E-state index contributed by atoms with van der Waals surface area (Å²) in [5.74, 6) is 2.32. The number of likely N-dealkylation sites (tertiary alicyclic amines) is 1. The van der Waals surface area contributed by atoms with Gasteiger partial charge in [-0.2, -0.15) is 13.2 Å². The Kier molecular flexibility index (Phi) is 6.99. The van der Waals surface area contributed by atoms with Gasteiger partial charge in [0.1, 0.15) is 0 Å². The summed E-state index contributed by atoms with van der Waals surface area (Å²) in [5, 5.41) is 9.59. The molecule has 1 aliphatic carbocycles. The summed E-state index contributed by atoms with van der Waals surface area (Å²) in [7, 11) is 1.98. The van der Waals surface area contributed by atoms with Crippen LogP contribution in [0.4, 0.5) is 13.2 Å². The van der Waals surface area contributed by atoms with Crippen LogP contribution in [0, 0.1) is 12.8 Å². The Labute approximate surface area is 207 Å². The molecule has 3 aromatic rings. The molecule has 2 aromatic heterocycles. The third-order valence-corrected chi connectivity index (χ3v) is 8.04. The van der Waals surface area contributed by atoms with Gasteiger partial charge in [-0.05, 0) is 62.1 Å². The molecule has 1 aliphatic heterocycles. The average Bonchev–Trinajstić information content (AvgIpc) is 3.17. The normalized spacial score (nSPS) is 21.9. The second-order valence-corrected chi connectivity index (χ2v) is 10.1. The highest BCUT2D eigenvalue weighted by Crippen LogP contribution is 2.59. The van der Waals surface area contributed by atoms with E-state index in [9.17, 15) is 13.2 Å². The Hall–Kier alpha value is -2.10. The standard InChI is InChI=1S/C24H26F3N5S.ClH/c1-16-20(5-3-10-28-16)21-29-30-22(31(21)2)33-12-4-11-32-14-19-13-23(19,15-32)17-6-8-18(9-7-17)24(25,26)27;/h3,5-10,19H,4,11-15H2,1-2H3;1H/t19-,23-;/m1./s1. The summed E-state index contributed by atoms with van der Waals surface area (Å²) in [4.78, 5) is 6.79. The van der Waals surface area contributed by atoms with Crippen LogP contribution < -0.4 is 0 Å². The number of benzene rings is 1. The number of aryl methyl sites for hydroxylation is 1. The lowest BCUT2D eigenvalue weighted by molar-refractivity contribution is -0.137. The molecular formula is C24H27ClF3N5S. The van der Waals surface area contributed by atoms with Gasteiger partial charge in [-0.15, -0.1) is 22.6 Å². The molecule has 0 N–H and O–H groups in total. The summed E-state index contributed by atoms with van der Waals surface area (Å²) < 4.78 is 40.6. The van der Waals surface area contributed by atoms with Crippen LogP contribution in [0.2, 0.25) is 0 Å². The van der Waals surface area contributed by atoms with E-state index >= 15 is 0 Å². The molecule has 1 aromatic carbocycles. The number of nitrogens with zero attached hydrogens (tertiary/aromatic N) is 5. The molecule has 10 heteroatoms. The Morgan fingerprint density at radius 2 is 1.91 bits per heavy atom. The molecule has 5 rings (SSSR count). The van der Waals surface area contributed by atoms with Crippen LogP contribution in [0.1, 0.15) is 29.7 Å². The molecule has 1 saturated heterocycles. The minimum Gasteiger partial charge on any atom is -0.305 e. The minimum atomic E-state index is -4.28. The number of halogens is 4. The second kappa shape index (κ2) is 9.51. The summed E-state index contributed by atoms with van der Waals surface area (Å²) in [5.41, 5.74) is 2.45. The third kappa shape index (κ3) is 4.70. The van der Waals surface area contributed by atoms with E-state index in [-0.39, 0.29) is 17.8 Å². The van der Waals surface area contributed by atoms with Crippen LogP contribution in [-0.4, -0.2) is 50.0 Å². The number of rotatable bonds is 7. The predicted molar refractivity (Wildman–Crippen MR) is 129 cm³/mol. The highest BCUT2D eigenvalue weighted by molar-refractivity contribution is 7.99. The lowest BCUT2D eigenvalue weighted by Crippen LogP contribution is -2.28. The van der Waals surface area contributed by atoms with E-state index in [1.807, 2.05) is 30.7 Å². The molecule has 5 nitrogen and oxygen atoms in total. The number of aromatic nitrogens is 4. The average molecular weight is 510 g/mol. The smallest absolute Gasteiger partial charge is 0.305 e. The monoisotopic (exact) mass is 509 g/mol. The zero-order valence-corrected chi connectivity index (χ0v) is 20.7. The van der Waals surface area contributed by atoms with Gasteiger partial charge in [0, 0.05) is 48.8 Å². The van der Waals surface area contributed by atoms with Gasteiger partial charge >= 0.3 is 6.18 Å². The van der Waals surface area contributed by atoms with Gasteiger partial charge < -0.3 is 9.47 Å². The van der Waals surface area contributed by atoms with Gasteiger partial charge in [0.15, 0.2) is 11.0 Å². The quantitative estimate of drug-likeness (QED) is 0.316. The van der Waals surface area contributed by atoms with Crippen LogP contribution in [0.15, 0.2) is 47.8 Å². The number of hydrogen-bond donors (Lipinski definition) is 0. The minimum absolute atomic E-state index is 0. The number of fused-ring (bicyclic) bond motifs is 1. The van der Waals surface area contributed by atoms with E-state index in [0.717, 1.165) is 66.0 Å². The van der Waals surface area contributed by atoms with Gasteiger partial charge in [0.25, 0.3) is 0 Å². The van der Waals surface area contributed by atoms with Crippen molar-refractivity contribution in [2.75, 3.05) is 25.4 Å². The first-order valence-corrected chi connectivity index (χ1v) is 12.1. The lowest BCUT2D eigenvalue weighted by Gasteiger charge is -2.21. The fourth-order valence-electron chi connectivity index (χ4n) is 5.04. The first-order valence-electron chi connectivity index (χ1n) is 11.1. The van der Waals surface area contributed by atoms with Crippen LogP contribution in [0.5, 0.6) is 0 Å². The first kappa shape index (κ1) is 25.0. The van der Waals surface area contributed by atoms with Crippen molar-refractivity contribution in [3.8, 4) is 11.4 Å². The molecule has 34 heavy (non-hydrogen) atoms. The Morgan fingerprint density at radius 3 is 2.62 bits per heavy atom. The fraction of sp³-hybridized carbons (Fsp3) is 0.458. The van der Waals surface area contributed by atoms with Crippen molar-refractivity contribution in [1.82, 2.24) is 24.6 Å². The predicted octanol–water partition coefficient (Wildman–Crippen LogP) is 5.38. The maximum atomic E-state index is 12.9. The van der Waals surface area contributed by atoms with E-state index in [2.05, 4.69) is 20.1 Å². The molecular weight excluding hydrogens is 483 g/mol. The molecule has 2 aliphatic rings. The number of pyridine rings is 1. The lowest BCUT2D eigenvalue weighted by atomic mass is 9.94. The molecule has 1 saturated carbocycles. The number of thioether (sulfide) groups is 1. The highest BCUT2D eigenvalue weighted by atomic mass is 35.5. The zero-order valence-electron chi connectivity index (χ0n) is 19.0. The maximum Gasteiger partial charge on any atom is 0.416 e. The van der Waals surface area contributed by atoms with Crippen molar-refractivity contribution in [2.24, 2.45) is 13.0 Å². The Balaban J connectivity index is 0.00000274. The maximum absolute atomic E-state index is 12.9. The van der Waals surface area contributed by atoms with Gasteiger partial charge in [0.05, 0.1) is 5.56 Å². The van der Waals surface area contributed by atoms with Crippen LogP contribution in [-0.2, 0) is 18.6 Å². The third-order valence-electron chi connectivity index (χ3n) is 6.94. The number of piperidine rings is 1. The highest BCUT2D eigenvalue weighted by Gasteiger charge is 2.60. The van der Waals surface area contributed by atoms with Crippen molar-refractivity contribution in [1.29, 1.82) is 0 Å².